The van der Waals surface area contributed by atoms with Gasteiger partial charge in [-0.2, -0.15) is 0 Å². The van der Waals surface area contributed by atoms with Crippen LogP contribution in [0.5, 0.6) is 5.75 Å². The highest BCUT2D eigenvalue weighted by atomic mass is 32.2. The summed E-state index contributed by atoms with van der Waals surface area (Å²) in [6, 6.07) is 14.6. The Morgan fingerprint density at radius 1 is 1.19 bits per heavy atom. The van der Waals surface area contributed by atoms with Crippen molar-refractivity contribution >= 4 is 23.4 Å². The van der Waals surface area contributed by atoms with Crippen molar-refractivity contribution in [3.05, 3.63) is 76.2 Å². The molecule has 0 aromatic heterocycles. The second kappa shape index (κ2) is 8.05. The summed E-state index contributed by atoms with van der Waals surface area (Å²) in [4.78, 5) is 28.4. The molecule has 1 aliphatic rings. The number of hydrogen-bond donors (Lipinski definition) is 1. The van der Waals surface area contributed by atoms with E-state index in [-0.39, 0.29) is 11.2 Å². The topological polar surface area (TPSA) is 67.6 Å². The lowest BCUT2D eigenvalue weighted by Crippen LogP contribution is -2.23. The van der Waals surface area contributed by atoms with Gasteiger partial charge in [0.15, 0.2) is 7.11 Å². The first-order valence-electron chi connectivity index (χ1n) is 8.04. The molecule has 1 heterocycles. The Labute approximate surface area is 155 Å². The van der Waals surface area contributed by atoms with Crippen LogP contribution in [0.2, 0.25) is 0 Å². The average Bonchev–Trinajstić information content (AvgIpc) is 2.97. The van der Waals surface area contributed by atoms with E-state index in [0.29, 0.717) is 28.7 Å². The van der Waals surface area contributed by atoms with Gasteiger partial charge in [0.25, 0.3) is 4.92 Å². The Morgan fingerprint density at radius 2 is 1.92 bits per heavy atom. The fourth-order valence-corrected chi connectivity index (χ4v) is 3.53. The van der Waals surface area contributed by atoms with Crippen molar-refractivity contribution in [3.63, 3.8) is 0 Å². The van der Waals surface area contributed by atoms with Crippen molar-refractivity contribution in [1.82, 2.24) is 5.32 Å². The number of ether oxygens (including phenoxy) is 1. The quantitative estimate of drug-likeness (QED) is 0.755. The Hall–Kier alpha value is -2.80. The van der Waals surface area contributed by atoms with Crippen LogP contribution in [0.4, 0.5) is 5.69 Å². The zero-order valence-electron chi connectivity index (χ0n) is 14.3. The Morgan fingerprint density at radius 3 is 2.58 bits per heavy atom. The van der Waals surface area contributed by atoms with E-state index in [0.717, 1.165) is 16.9 Å². The number of amides is 1. The number of nitrogens with one attached hydrogen (secondary N) is 1. The van der Waals surface area contributed by atoms with Crippen LogP contribution in [0, 0.1) is 4.91 Å². The van der Waals surface area contributed by atoms with Gasteiger partial charge in [0.05, 0.1) is 15.2 Å². The van der Waals surface area contributed by atoms with Crippen LogP contribution in [-0.2, 0) is 22.7 Å². The summed E-state index contributed by atoms with van der Waals surface area (Å²) < 4.78 is 5.94. The summed E-state index contributed by atoms with van der Waals surface area (Å²) in [7, 11) is 1.32. The van der Waals surface area contributed by atoms with Crippen molar-refractivity contribution in [3.8, 4) is 5.75 Å². The Balaban J connectivity index is 1.66. The van der Waals surface area contributed by atoms with E-state index < -0.39 is 0 Å². The molecular weight excluding hydrogens is 352 g/mol. The molecule has 1 unspecified atom stereocenters. The van der Waals surface area contributed by atoms with Gasteiger partial charge >= 0.3 is 5.69 Å². The predicted molar refractivity (Wildman–Crippen MR) is 99.9 cm³/mol. The number of benzene rings is 2. The summed E-state index contributed by atoms with van der Waals surface area (Å²) in [5.74, 6) is 0.718. The maximum absolute atomic E-state index is 11.9. The highest BCUT2D eigenvalue weighted by molar-refractivity contribution is 8.04. The molecule has 1 aliphatic heterocycles. The monoisotopic (exact) mass is 371 g/mol. The summed E-state index contributed by atoms with van der Waals surface area (Å²) in [6.07, 6.45) is 0.573. The highest BCUT2D eigenvalue weighted by Crippen LogP contribution is 2.31. The molecule has 1 amide bonds. The van der Waals surface area contributed by atoms with Gasteiger partial charge in [-0.15, -0.1) is 0 Å². The second-order valence-electron chi connectivity index (χ2n) is 5.73. The van der Waals surface area contributed by atoms with Gasteiger partial charge in [0.1, 0.15) is 12.4 Å². The molecule has 1 fully saturated rings. The Kier molecular flexibility index (Phi) is 5.58. The molecule has 26 heavy (non-hydrogen) atoms. The molecule has 7 heteroatoms. The minimum Gasteiger partial charge on any atom is -0.489 e. The molecule has 0 aliphatic carbocycles. The molecule has 134 valence electrons. The van der Waals surface area contributed by atoms with E-state index in [1.54, 1.807) is 12.1 Å². The first-order chi connectivity index (χ1) is 12.6. The standard InChI is InChI=1S/C19H18N2O4S/c1-13-20-19(22)18(26-13)11-15-5-3-4-6-17(15)25-12-14-7-9-16(10-8-14)21(23)24-2/h3-10,18H,1,11-12H2,2H3/p+1. The molecule has 0 bridgehead atoms. The van der Waals surface area contributed by atoms with Gasteiger partial charge in [-0.25, -0.2) is 4.84 Å². The van der Waals surface area contributed by atoms with Crippen molar-refractivity contribution < 1.29 is 19.3 Å². The maximum atomic E-state index is 11.9. The smallest absolute Gasteiger partial charge is 0.316 e. The van der Waals surface area contributed by atoms with Gasteiger partial charge in [-0.3, -0.25) is 4.79 Å². The molecule has 0 radical (unpaired) electrons. The molecule has 1 saturated heterocycles. The number of para-hydroxylation sites is 1. The number of carbonyl (C=O) groups excluding carboxylic acids is 1. The molecular formula is C19H19N2O4S+. The lowest BCUT2D eigenvalue weighted by Gasteiger charge is -2.13. The largest absolute Gasteiger partial charge is 0.489 e. The van der Waals surface area contributed by atoms with Crippen LogP contribution in [-0.4, -0.2) is 23.2 Å². The molecule has 6 nitrogen and oxygen atoms in total. The third kappa shape index (κ3) is 4.23. The lowest BCUT2D eigenvalue weighted by atomic mass is 10.1. The summed E-state index contributed by atoms with van der Waals surface area (Å²) in [6.45, 7) is 4.15. The minimum absolute atomic E-state index is 0.0225. The van der Waals surface area contributed by atoms with Crippen molar-refractivity contribution in [2.45, 2.75) is 18.3 Å². The number of nitrogens with zero attached hydrogens (tertiary/aromatic N) is 1. The minimum atomic E-state index is -0.191. The first kappa shape index (κ1) is 18.0. The maximum Gasteiger partial charge on any atom is 0.316 e. The third-order valence-electron chi connectivity index (χ3n) is 3.92. The van der Waals surface area contributed by atoms with Crippen molar-refractivity contribution in [2.24, 2.45) is 0 Å². The van der Waals surface area contributed by atoms with Crippen LogP contribution in [0.3, 0.4) is 0 Å². The summed E-state index contributed by atoms with van der Waals surface area (Å²) >= 11 is 1.44. The molecule has 0 saturated carbocycles. The molecule has 3 rings (SSSR count). The second-order valence-corrected chi connectivity index (χ2v) is 7.02. The van der Waals surface area contributed by atoms with E-state index in [9.17, 15) is 9.70 Å². The molecule has 2 aromatic rings. The van der Waals surface area contributed by atoms with Crippen LogP contribution < -0.4 is 10.1 Å². The van der Waals surface area contributed by atoms with Gasteiger partial charge in [-0.1, -0.05) is 36.5 Å². The highest BCUT2D eigenvalue weighted by Gasteiger charge is 2.28. The van der Waals surface area contributed by atoms with E-state index >= 15 is 0 Å². The number of rotatable bonds is 7. The van der Waals surface area contributed by atoms with E-state index in [2.05, 4.69) is 16.7 Å². The fraction of sp³-hybridized carbons (Fsp3) is 0.211. The summed E-state index contributed by atoms with van der Waals surface area (Å²) in [5.41, 5.74) is 2.31. The van der Waals surface area contributed by atoms with E-state index in [1.807, 2.05) is 36.4 Å². The number of hydrogen-bond acceptors (Lipinski definition) is 5. The molecule has 1 N–H and O–H groups in total. The molecule has 2 aromatic carbocycles. The average molecular weight is 371 g/mol. The van der Waals surface area contributed by atoms with Crippen LogP contribution in [0.1, 0.15) is 11.1 Å². The fourth-order valence-electron chi connectivity index (χ4n) is 2.60. The van der Waals surface area contributed by atoms with Crippen molar-refractivity contribution in [2.75, 3.05) is 7.11 Å². The predicted octanol–water partition coefficient (Wildman–Crippen LogP) is 3.48. The van der Waals surface area contributed by atoms with Gasteiger partial charge in [0, 0.05) is 12.1 Å². The third-order valence-corrected chi connectivity index (χ3v) is 4.98. The summed E-state index contributed by atoms with van der Waals surface area (Å²) in [5, 5.41) is 3.22. The van der Waals surface area contributed by atoms with E-state index in [4.69, 9.17) is 4.74 Å². The molecule has 0 spiro atoms. The van der Waals surface area contributed by atoms with Crippen LogP contribution in [0.25, 0.3) is 0 Å². The van der Waals surface area contributed by atoms with Crippen molar-refractivity contribution in [1.29, 1.82) is 0 Å². The normalized spacial score (nSPS) is 16.3. The number of carbonyl (C=O) groups is 1. The van der Waals surface area contributed by atoms with Crippen LogP contribution >= 0.6 is 11.8 Å². The lowest BCUT2D eigenvalue weighted by molar-refractivity contribution is -0.736. The van der Waals surface area contributed by atoms with Gasteiger partial charge in [-0.05, 0) is 35.7 Å². The SMILES string of the molecule is C=C1NC(=O)C(Cc2ccccc2OCc2ccc([N+](=O)OC)cc2)S1. The first-order valence-corrected chi connectivity index (χ1v) is 8.92. The zero-order valence-corrected chi connectivity index (χ0v) is 15.1. The molecule has 1 atom stereocenters. The van der Waals surface area contributed by atoms with Crippen LogP contribution in [0.15, 0.2) is 60.1 Å². The number of thioether (sulfide) groups is 1. The Bertz CT molecular complexity index is 836. The van der Waals surface area contributed by atoms with Gasteiger partial charge in [0.2, 0.25) is 5.91 Å². The van der Waals surface area contributed by atoms with Gasteiger partial charge < -0.3 is 10.1 Å². The van der Waals surface area contributed by atoms with E-state index in [1.165, 1.54) is 18.9 Å². The zero-order chi connectivity index (χ0) is 18.5.